The third-order valence-electron chi connectivity index (χ3n) is 4.98. The molecule has 0 saturated carbocycles. The molecule has 2 aromatic heterocycles. The van der Waals surface area contributed by atoms with Crippen LogP contribution >= 0.6 is 0 Å². The monoisotopic (exact) mass is 328 g/mol. The highest BCUT2D eigenvalue weighted by Crippen LogP contribution is 2.29. The maximum atomic E-state index is 5.54. The molecule has 0 radical (unpaired) electrons. The van der Waals surface area contributed by atoms with Crippen molar-refractivity contribution in [2.75, 3.05) is 38.2 Å². The molecule has 6 nitrogen and oxygen atoms in total. The molecule has 0 aliphatic carbocycles. The standard InChI is InChI=1S/C18H24N4O2/c1-23-13-6-10-22(11-7-13)18-14-4-8-19-9-5-15(14)20-17(21-18)16-3-2-12-24-16/h2-3,12-13,19H,4-11H2,1H3. The molecule has 0 aromatic carbocycles. The fourth-order valence-corrected chi connectivity index (χ4v) is 3.61. The Kier molecular flexibility index (Phi) is 4.49. The van der Waals surface area contributed by atoms with Crippen LogP contribution in [0.3, 0.4) is 0 Å². The first-order chi connectivity index (χ1) is 11.8. The average molecular weight is 328 g/mol. The number of furan rings is 1. The predicted octanol–water partition coefficient (Wildman–Crippen LogP) is 2.04. The normalized spacial score (nSPS) is 19.1. The maximum absolute atomic E-state index is 5.54. The van der Waals surface area contributed by atoms with E-state index in [1.54, 1.807) is 13.4 Å². The number of methoxy groups -OCH3 is 1. The van der Waals surface area contributed by atoms with E-state index in [0.717, 1.165) is 69.1 Å². The van der Waals surface area contributed by atoms with Crippen LogP contribution < -0.4 is 10.2 Å². The molecule has 1 fully saturated rings. The van der Waals surface area contributed by atoms with Crippen LogP contribution in [0.5, 0.6) is 0 Å². The lowest BCUT2D eigenvalue weighted by molar-refractivity contribution is 0.0817. The number of ether oxygens (including phenoxy) is 1. The van der Waals surface area contributed by atoms with Gasteiger partial charge in [0.1, 0.15) is 5.82 Å². The van der Waals surface area contributed by atoms with Crippen molar-refractivity contribution in [1.29, 1.82) is 0 Å². The highest BCUT2D eigenvalue weighted by Gasteiger charge is 2.25. The molecule has 2 aliphatic rings. The average Bonchev–Trinajstić information content (AvgIpc) is 3.06. The number of hydrogen-bond acceptors (Lipinski definition) is 6. The van der Waals surface area contributed by atoms with Crippen LogP contribution in [0.4, 0.5) is 5.82 Å². The van der Waals surface area contributed by atoms with Crippen molar-refractivity contribution in [3.8, 4) is 11.6 Å². The Labute approximate surface area is 142 Å². The van der Waals surface area contributed by atoms with Crippen molar-refractivity contribution in [2.45, 2.75) is 31.8 Å². The third-order valence-corrected chi connectivity index (χ3v) is 4.98. The Hall–Kier alpha value is -1.92. The number of piperidine rings is 1. The van der Waals surface area contributed by atoms with Crippen LogP contribution in [-0.4, -0.2) is 49.4 Å². The van der Waals surface area contributed by atoms with E-state index in [0.29, 0.717) is 11.9 Å². The van der Waals surface area contributed by atoms with Crippen molar-refractivity contribution >= 4 is 5.82 Å². The minimum atomic E-state index is 0.368. The molecule has 2 aliphatic heterocycles. The first kappa shape index (κ1) is 15.6. The van der Waals surface area contributed by atoms with Gasteiger partial charge in [-0.2, -0.15) is 0 Å². The predicted molar refractivity (Wildman–Crippen MR) is 92.3 cm³/mol. The van der Waals surface area contributed by atoms with E-state index in [4.69, 9.17) is 19.1 Å². The number of nitrogens with zero attached hydrogens (tertiary/aromatic N) is 3. The number of aromatic nitrogens is 2. The Morgan fingerprint density at radius 1 is 1.21 bits per heavy atom. The summed E-state index contributed by atoms with van der Waals surface area (Å²) in [4.78, 5) is 12.1. The highest BCUT2D eigenvalue weighted by molar-refractivity contribution is 5.57. The van der Waals surface area contributed by atoms with Gasteiger partial charge in [0.15, 0.2) is 11.6 Å². The molecule has 0 bridgehead atoms. The maximum Gasteiger partial charge on any atom is 0.197 e. The lowest BCUT2D eigenvalue weighted by Gasteiger charge is -2.33. The molecule has 0 atom stereocenters. The first-order valence-corrected chi connectivity index (χ1v) is 8.77. The highest BCUT2D eigenvalue weighted by atomic mass is 16.5. The summed E-state index contributed by atoms with van der Waals surface area (Å²) in [5.41, 5.74) is 2.46. The van der Waals surface area contributed by atoms with Crippen LogP contribution in [0.2, 0.25) is 0 Å². The van der Waals surface area contributed by atoms with E-state index < -0.39 is 0 Å². The molecular formula is C18H24N4O2. The summed E-state index contributed by atoms with van der Waals surface area (Å²) < 4.78 is 11.0. The zero-order valence-electron chi connectivity index (χ0n) is 14.1. The number of nitrogens with one attached hydrogen (secondary N) is 1. The lowest BCUT2D eigenvalue weighted by Crippen LogP contribution is -2.38. The van der Waals surface area contributed by atoms with Gasteiger partial charge in [-0.25, -0.2) is 9.97 Å². The lowest BCUT2D eigenvalue weighted by atomic mass is 10.0. The second-order valence-electron chi connectivity index (χ2n) is 6.45. The van der Waals surface area contributed by atoms with Gasteiger partial charge in [-0.3, -0.25) is 0 Å². The summed E-state index contributed by atoms with van der Waals surface area (Å²) >= 11 is 0. The quantitative estimate of drug-likeness (QED) is 0.930. The zero-order chi connectivity index (χ0) is 16.4. The fourth-order valence-electron chi connectivity index (χ4n) is 3.61. The third kappa shape index (κ3) is 3.03. The SMILES string of the molecule is COC1CCN(c2nc(-c3ccco3)nc3c2CCNCC3)CC1. The number of hydrogen-bond donors (Lipinski definition) is 1. The van der Waals surface area contributed by atoms with Gasteiger partial charge in [0, 0.05) is 38.7 Å². The molecule has 0 unspecified atom stereocenters. The smallest absolute Gasteiger partial charge is 0.197 e. The van der Waals surface area contributed by atoms with E-state index >= 15 is 0 Å². The molecule has 128 valence electrons. The minimum absolute atomic E-state index is 0.368. The Balaban J connectivity index is 1.72. The largest absolute Gasteiger partial charge is 0.461 e. The van der Waals surface area contributed by atoms with Crippen LogP contribution in [0.1, 0.15) is 24.1 Å². The van der Waals surface area contributed by atoms with Gasteiger partial charge in [-0.15, -0.1) is 0 Å². The van der Waals surface area contributed by atoms with E-state index in [2.05, 4.69) is 10.2 Å². The minimum Gasteiger partial charge on any atom is -0.461 e. The van der Waals surface area contributed by atoms with Gasteiger partial charge in [-0.05, 0) is 37.9 Å². The van der Waals surface area contributed by atoms with Crippen LogP contribution in [0.15, 0.2) is 22.8 Å². The van der Waals surface area contributed by atoms with Crippen molar-refractivity contribution in [3.05, 3.63) is 29.7 Å². The van der Waals surface area contributed by atoms with E-state index in [9.17, 15) is 0 Å². The van der Waals surface area contributed by atoms with Crippen LogP contribution in [-0.2, 0) is 17.6 Å². The van der Waals surface area contributed by atoms with Crippen molar-refractivity contribution in [2.24, 2.45) is 0 Å². The van der Waals surface area contributed by atoms with Gasteiger partial charge >= 0.3 is 0 Å². The van der Waals surface area contributed by atoms with Gasteiger partial charge < -0.3 is 19.4 Å². The molecule has 4 rings (SSSR count). The van der Waals surface area contributed by atoms with Crippen molar-refractivity contribution in [3.63, 3.8) is 0 Å². The van der Waals surface area contributed by atoms with Gasteiger partial charge in [0.05, 0.1) is 18.1 Å². The topological polar surface area (TPSA) is 63.4 Å². The molecule has 0 spiro atoms. The summed E-state index contributed by atoms with van der Waals surface area (Å²) in [6.45, 7) is 3.91. The van der Waals surface area contributed by atoms with E-state index in [-0.39, 0.29) is 0 Å². The van der Waals surface area contributed by atoms with Gasteiger partial charge in [0.2, 0.25) is 0 Å². The van der Waals surface area contributed by atoms with E-state index in [1.807, 2.05) is 12.1 Å². The van der Waals surface area contributed by atoms with Crippen LogP contribution in [0, 0.1) is 0 Å². The first-order valence-electron chi connectivity index (χ1n) is 8.77. The summed E-state index contributed by atoms with van der Waals surface area (Å²) in [5, 5.41) is 3.47. The number of rotatable bonds is 3. The molecule has 4 heterocycles. The van der Waals surface area contributed by atoms with E-state index in [1.165, 1.54) is 5.56 Å². The molecule has 1 N–H and O–H groups in total. The molecule has 1 saturated heterocycles. The second kappa shape index (κ2) is 6.91. The molecule has 2 aromatic rings. The van der Waals surface area contributed by atoms with Gasteiger partial charge in [0.25, 0.3) is 0 Å². The van der Waals surface area contributed by atoms with Crippen LogP contribution in [0.25, 0.3) is 11.6 Å². The summed E-state index contributed by atoms with van der Waals surface area (Å²) in [6.07, 6.45) is 6.05. The molecular weight excluding hydrogens is 304 g/mol. The van der Waals surface area contributed by atoms with Crippen molar-refractivity contribution in [1.82, 2.24) is 15.3 Å². The number of fused-ring (bicyclic) bond motifs is 1. The second-order valence-corrected chi connectivity index (χ2v) is 6.45. The summed E-state index contributed by atoms with van der Waals surface area (Å²) in [6, 6.07) is 3.81. The summed E-state index contributed by atoms with van der Waals surface area (Å²) in [5.74, 6) is 2.53. The van der Waals surface area contributed by atoms with Gasteiger partial charge in [-0.1, -0.05) is 0 Å². The zero-order valence-corrected chi connectivity index (χ0v) is 14.1. The molecule has 6 heteroatoms. The molecule has 24 heavy (non-hydrogen) atoms. The fraction of sp³-hybridized carbons (Fsp3) is 0.556. The molecule has 0 amide bonds. The van der Waals surface area contributed by atoms with Crippen molar-refractivity contribution < 1.29 is 9.15 Å². The Bertz CT molecular complexity index is 679. The Morgan fingerprint density at radius 3 is 2.79 bits per heavy atom. The number of anilines is 1. The Morgan fingerprint density at radius 2 is 2.04 bits per heavy atom. The summed E-state index contributed by atoms with van der Waals surface area (Å²) in [7, 11) is 1.80.